The smallest absolute Gasteiger partial charge is 0.262 e. The highest BCUT2D eigenvalue weighted by Crippen LogP contribution is 2.25. The van der Waals surface area contributed by atoms with Crippen LogP contribution in [0.1, 0.15) is 42.5 Å². The molecule has 3 aromatic rings. The standard InChI is InChI=1S/C25H26N2O3S/c1-30-23-14-8-6-12-20(23)22(28)17-31-25-26-21-13-7-5-11-19(21)24(29)27(25)16-15-18-9-3-2-4-10-18/h5-9,11-14H,2-4,10,15-17H2,1H3. The van der Waals surface area contributed by atoms with Crippen LogP contribution in [-0.2, 0) is 6.54 Å². The van der Waals surface area contributed by atoms with Gasteiger partial charge in [0.15, 0.2) is 10.9 Å². The van der Waals surface area contributed by atoms with E-state index in [2.05, 4.69) is 6.08 Å². The van der Waals surface area contributed by atoms with Crippen LogP contribution in [0.25, 0.3) is 10.9 Å². The van der Waals surface area contributed by atoms with Crippen LogP contribution in [0.2, 0.25) is 0 Å². The first-order valence-electron chi connectivity index (χ1n) is 10.6. The van der Waals surface area contributed by atoms with Crippen LogP contribution in [0, 0.1) is 0 Å². The lowest BCUT2D eigenvalue weighted by atomic mass is 9.97. The second kappa shape index (κ2) is 9.96. The Morgan fingerprint density at radius 2 is 1.94 bits per heavy atom. The molecule has 6 heteroatoms. The Labute approximate surface area is 186 Å². The Hall–Kier alpha value is -2.86. The van der Waals surface area contributed by atoms with E-state index in [1.807, 2.05) is 36.4 Å². The minimum Gasteiger partial charge on any atom is -0.496 e. The number of allylic oxidation sites excluding steroid dienone is 2. The molecule has 0 aliphatic heterocycles. The molecule has 2 aromatic carbocycles. The van der Waals surface area contributed by atoms with E-state index >= 15 is 0 Å². The van der Waals surface area contributed by atoms with E-state index in [-0.39, 0.29) is 17.1 Å². The molecule has 1 aliphatic carbocycles. The summed E-state index contributed by atoms with van der Waals surface area (Å²) in [6, 6.07) is 14.6. The van der Waals surface area contributed by atoms with Gasteiger partial charge in [0.05, 0.1) is 29.3 Å². The van der Waals surface area contributed by atoms with Crippen molar-refractivity contribution in [3.8, 4) is 5.75 Å². The summed E-state index contributed by atoms with van der Waals surface area (Å²) < 4.78 is 7.05. The number of fused-ring (bicyclic) bond motifs is 1. The molecule has 1 aromatic heterocycles. The SMILES string of the molecule is COc1ccccc1C(=O)CSc1nc2ccccc2c(=O)n1CCC1=CCCCC1. The third kappa shape index (κ3) is 4.90. The number of carbonyl (C=O) groups is 1. The monoisotopic (exact) mass is 434 g/mol. The van der Waals surface area contributed by atoms with E-state index in [1.165, 1.54) is 30.2 Å². The highest BCUT2D eigenvalue weighted by Gasteiger charge is 2.16. The molecule has 31 heavy (non-hydrogen) atoms. The fourth-order valence-electron chi connectivity index (χ4n) is 3.92. The topological polar surface area (TPSA) is 61.2 Å². The maximum absolute atomic E-state index is 13.2. The van der Waals surface area contributed by atoms with Gasteiger partial charge in [-0.1, -0.05) is 47.7 Å². The first-order valence-corrected chi connectivity index (χ1v) is 11.6. The van der Waals surface area contributed by atoms with E-state index < -0.39 is 0 Å². The summed E-state index contributed by atoms with van der Waals surface area (Å²) in [4.78, 5) is 30.8. The molecular weight excluding hydrogens is 408 g/mol. The Kier molecular flexibility index (Phi) is 6.87. The number of aromatic nitrogens is 2. The molecule has 0 saturated heterocycles. The summed E-state index contributed by atoms with van der Waals surface area (Å²) >= 11 is 1.31. The number of carbonyl (C=O) groups excluding carboxylic acids is 1. The van der Waals surface area contributed by atoms with E-state index in [9.17, 15) is 9.59 Å². The zero-order valence-electron chi connectivity index (χ0n) is 17.7. The highest BCUT2D eigenvalue weighted by atomic mass is 32.2. The van der Waals surface area contributed by atoms with Gasteiger partial charge >= 0.3 is 0 Å². The summed E-state index contributed by atoms with van der Waals surface area (Å²) in [7, 11) is 1.56. The minimum absolute atomic E-state index is 0.0470. The van der Waals surface area contributed by atoms with E-state index in [0.29, 0.717) is 33.9 Å². The predicted octanol–water partition coefficient (Wildman–Crippen LogP) is 5.27. The molecule has 0 amide bonds. The molecule has 0 spiro atoms. The Bertz CT molecular complexity index is 1180. The molecule has 0 fully saturated rings. The van der Waals surface area contributed by atoms with Crippen molar-refractivity contribution in [2.45, 2.75) is 43.8 Å². The van der Waals surface area contributed by atoms with Crippen LogP contribution in [0.4, 0.5) is 0 Å². The van der Waals surface area contributed by atoms with Gasteiger partial charge in [-0.25, -0.2) is 4.98 Å². The van der Waals surface area contributed by atoms with Crippen molar-refractivity contribution in [3.63, 3.8) is 0 Å². The normalized spacial score (nSPS) is 13.8. The van der Waals surface area contributed by atoms with Crippen molar-refractivity contribution in [1.82, 2.24) is 9.55 Å². The maximum Gasteiger partial charge on any atom is 0.262 e. The first kappa shape index (κ1) is 21.4. The van der Waals surface area contributed by atoms with Crippen molar-refractivity contribution in [2.24, 2.45) is 0 Å². The molecule has 0 saturated carbocycles. The lowest BCUT2D eigenvalue weighted by molar-refractivity contribution is 0.101. The van der Waals surface area contributed by atoms with Crippen molar-refractivity contribution < 1.29 is 9.53 Å². The van der Waals surface area contributed by atoms with Gasteiger partial charge in [-0.15, -0.1) is 0 Å². The van der Waals surface area contributed by atoms with Crippen LogP contribution >= 0.6 is 11.8 Å². The van der Waals surface area contributed by atoms with Gasteiger partial charge in [0.25, 0.3) is 5.56 Å². The number of hydrogen-bond acceptors (Lipinski definition) is 5. The van der Waals surface area contributed by atoms with Gasteiger partial charge in [0.1, 0.15) is 5.75 Å². The number of ether oxygens (including phenoxy) is 1. The highest BCUT2D eigenvalue weighted by molar-refractivity contribution is 7.99. The third-order valence-corrected chi connectivity index (χ3v) is 6.58. The average molecular weight is 435 g/mol. The molecule has 0 bridgehead atoms. The number of methoxy groups -OCH3 is 1. The molecule has 0 atom stereocenters. The number of rotatable bonds is 8. The Morgan fingerprint density at radius 3 is 2.74 bits per heavy atom. The lowest BCUT2D eigenvalue weighted by Crippen LogP contribution is -2.24. The van der Waals surface area contributed by atoms with Gasteiger partial charge in [-0.05, 0) is 56.4 Å². The average Bonchev–Trinajstić information content (AvgIpc) is 2.82. The first-order chi connectivity index (χ1) is 15.2. The van der Waals surface area contributed by atoms with Crippen molar-refractivity contribution in [2.75, 3.05) is 12.9 Å². The zero-order chi connectivity index (χ0) is 21.6. The molecular formula is C25H26N2O3S. The molecule has 5 nitrogen and oxygen atoms in total. The molecule has 0 radical (unpaired) electrons. The van der Waals surface area contributed by atoms with E-state index in [0.717, 1.165) is 19.3 Å². The maximum atomic E-state index is 13.2. The number of thioether (sulfide) groups is 1. The van der Waals surface area contributed by atoms with Gasteiger partial charge in [-0.2, -0.15) is 0 Å². The van der Waals surface area contributed by atoms with E-state index in [1.54, 1.807) is 23.8 Å². The fraction of sp³-hybridized carbons (Fsp3) is 0.320. The summed E-state index contributed by atoms with van der Waals surface area (Å²) in [5, 5.41) is 1.20. The molecule has 4 rings (SSSR count). The predicted molar refractivity (Wildman–Crippen MR) is 125 cm³/mol. The van der Waals surface area contributed by atoms with Crippen LogP contribution in [0.3, 0.4) is 0 Å². The number of benzene rings is 2. The van der Waals surface area contributed by atoms with Gasteiger partial charge < -0.3 is 4.74 Å². The molecule has 160 valence electrons. The fourth-order valence-corrected chi connectivity index (χ4v) is 4.83. The second-order valence-electron chi connectivity index (χ2n) is 7.64. The Morgan fingerprint density at radius 1 is 1.13 bits per heavy atom. The minimum atomic E-state index is -0.0496. The van der Waals surface area contributed by atoms with Crippen LogP contribution in [0.5, 0.6) is 5.75 Å². The van der Waals surface area contributed by atoms with Gasteiger partial charge in [0.2, 0.25) is 0 Å². The second-order valence-corrected chi connectivity index (χ2v) is 8.58. The van der Waals surface area contributed by atoms with E-state index in [4.69, 9.17) is 9.72 Å². The summed E-state index contributed by atoms with van der Waals surface area (Å²) in [6.07, 6.45) is 7.83. The van der Waals surface area contributed by atoms with Crippen molar-refractivity contribution >= 4 is 28.4 Å². The number of Topliss-reactive ketones (excluding diaryl/α,β-unsaturated/α-hetero) is 1. The zero-order valence-corrected chi connectivity index (χ0v) is 18.5. The van der Waals surface area contributed by atoms with Crippen LogP contribution in [-0.4, -0.2) is 28.2 Å². The van der Waals surface area contributed by atoms with Crippen molar-refractivity contribution in [3.05, 3.63) is 76.1 Å². The summed E-state index contributed by atoms with van der Waals surface area (Å²) in [6.45, 7) is 0.577. The van der Waals surface area contributed by atoms with Gasteiger partial charge in [-0.3, -0.25) is 14.2 Å². The quantitative estimate of drug-likeness (QED) is 0.209. The Balaban J connectivity index is 1.61. The summed E-state index contributed by atoms with van der Waals surface area (Å²) in [5.41, 5.74) is 2.56. The van der Waals surface area contributed by atoms with Gasteiger partial charge in [0, 0.05) is 6.54 Å². The number of ketones is 1. The number of para-hydroxylation sites is 2. The molecule has 1 heterocycles. The summed E-state index contributed by atoms with van der Waals surface area (Å²) in [5.74, 6) is 0.695. The van der Waals surface area contributed by atoms with Crippen LogP contribution < -0.4 is 10.3 Å². The number of nitrogens with zero attached hydrogens (tertiary/aromatic N) is 2. The van der Waals surface area contributed by atoms with Crippen LogP contribution in [0.15, 0.2) is 70.1 Å². The third-order valence-electron chi connectivity index (χ3n) is 5.61. The molecule has 0 unspecified atom stereocenters. The molecule has 1 aliphatic rings. The molecule has 0 N–H and O–H groups in total. The number of hydrogen-bond donors (Lipinski definition) is 0. The lowest BCUT2D eigenvalue weighted by Gasteiger charge is -2.16. The van der Waals surface area contributed by atoms with Crippen molar-refractivity contribution in [1.29, 1.82) is 0 Å². The largest absolute Gasteiger partial charge is 0.496 e.